The van der Waals surface area contributed by atoms with Gasteiger partial charge in [0.15, 0.2) is 0 Å². The number of benzene rings is 2. The standard InChI is InChI=1S/C19H13ClN4OS/c20-15-9-5-4-8-14(15)19-21-17(25-24-19)12-26-18-11-10-16(22-23-18)13-6-2-1-3-7-13/h1-11H,12H2. The predicted octanol–water partition coefficient (Wildman–Crippen LogP) is 5.14. The molecule has 0 saturated carbocycles. The highest BCUT2D eigenvalue weighted by Crippen LogP contribution is 2.27. The third-order valence-corrected chi connectivity index (χ3v) is 4.87. The maximum Gasteiger partial charge on any atom is 0.237 e. The van der Waals surface area contributed by atoms with Crippen molar-refractivity contribution in [1.82, 2.24) is 20.3 Å². The number of halogens is 1. The van der Waals surface area contributed by atoms with Gasteiger partial charge in [0.25, 0.3) is 0 Å². The Bertz CT molecular complexity index is 1010. The van der Waals surface area contributed by atoms with E-state index in [1.54, 1.807) is 6.07 Å². The third kappa shape index (κ3) is 3.76. The fourth-order valence-electron chi connectivity index (χ4n) is 2.36. The van der Waals surface area contributed by atoms with Crippen LogP contribution >= 0.6 is 23.4 Å². The van der Waals surface area contributed by atoms with Gasteiger partial charge in [-0.3, -0.25) is 0 Å². The lowest BCUT2D eigenvalue weighted by Crippen LogP contribution is -1.90. The van der Waals surface area contributed by atoms with Crippen molar-refractivity contribution in [2.45, 2.75) is 10.8 Å². The second-order valence-electron chi connectivity index (χ2n) is 5.40. The highest BCUT2D eigenvalue weighted by molar-refractivity contribution is 7.98. The number of hydrogen-bond donors (Lipinski definition) is 0. The fraction of sp³-hybridized carbons (Fsp3) is 0.0526. The van der Waals surface area contributed by atoms with E-state index >= 15 is 0 Å². The molecule has 4 rings (SSSR count). The minimum atomic E-state index is 0.483. The molecule has 0 fully saturated rings. The molecule has 128 valence electrons. The van der Waals surface area contributed by atoms with E-state index < -0.39 is 0 Å². The van der Waals surface area contributed by atoms with Gasteiger partial charge < -0.3 is 4.52 Å². The van der Waals surface area contributed by atoms with Crippen LogP contribution in [0.4, 0.5) is 0 Å². The number of thioether (sulfide) groups is 1. The molecule has 2 heterocycles. The van der Waals surface area contributed by atoms with Crippen LogP contribution in [0.15, 0.2) is 76.3 Å². The molecule has 0 radical (unpaired) electrons. The van der Waals surface area contributed by atoms with Gasteiger partial charge in [0.2, 0.25) is 11.7 Å². The van der Waals surface area contributed by atoms with Gasteiger partial charge in [-0.1, -0.05) is 71.0 Å². The molecular weight excluding hydrogens is 368 g/mol. The summed E-state index contributed by atoms with van der Waals surface area (Å²) >= 11 is 7.65. The highest BCUT2D eigenvalue weighted by atomic mass is 35.5. The van der Waals surface area contributed by atoms with E-state index in [2.05, 4.69) is 20.3 Å². The first-order valence-corrected chi connectivity index (χ1v) is 9.25. The molecule has 0 spiro atoms. The Morgan fingerprint density at radius 3 is 2.46 bits per heavy atom. The van der Waals surface area contributed by atoms with Crippen molar-refractivity contribution in [2.24, 2.45) is 0 Å². The molecule has 0 bridgehead atoms. The predicted molar refractivity (Wildman–Crippen MR) is 102 cm³/mol. The van der Waals surface area contributed by atoms with E-state index in [0.29, 0.717) is 22.5 Å². The third-order valence-electron chi connectivity index (χ3n) is 3.64. The second kappa shape index (κ2) is 7.68. The van der Waals surface area contributed by atoms with E-state index in [4.69, 9.17) is 16.1 Å². The van der Waals surface area contributed by atoms with Crippen LogP contribution in [0.5, 0.6) is 0 Å². The summed E-state index contributed by atoms with van der Waals surface area (Å²) in [6, 6.07) is 21.2. The van der Waals surface area contributed by atoms with Gasteiger partial charge in [-0.15, -0.1) is 10.2 Å². The summed E-state index contributed by atoms with van der Waals surface area (Å²) in [5, 5.41) is 13.9. The molecule has 0 aliphatic carbocycles. The Hall–Kier alpha value is -2.70. The monoisotopic (exact) mass is 380 g/mol. The Morgan fingerprint density at radius 1 is 0.885 bits per heavy atom. The summed E-state index contributed by atoms with van der Waals surface area (Å²) in [5.74, 6) is 1.51. The van der Waals surface area contributed by atoms with Crippen molar-refractivity contribution in [1.29, 1.82) is 0 Å². The molecule has 0 amide bonds. The van der Waals surface area contributed by atoms with Gasteiger partial charge in [-0.05, 0) is 24.3 Å². The van der Waals surface area contributed by atoms with Gasteiger partial charge >= 0.3 is 0 Å². The van der Waals surface area contributed by atoms with Gasteiger partial charge in [-0.25, -0.2) is 0 Å². The normalized spacial score (nSPS) is 10.8. The van der Waals surface area contributed by atoms with Gasteiger partial charge in [0.1, 0.15) is 5.03 Å². The molecule has 4 aromatic rings. The lowest BCUT2D eigenvalue weighted by molar-refractivity contribution is 0.391. The smallest absolute Gasteiger partial charge is 0.237 e. The molecule has 2 aromatic heterocycles. The summed E-state index contributed by atoms with van der Waals surface area (Å²) in [4.78, 5) is 4.39. The number of nitrogens with zero attached hydrogens (tertiary/aromatic N) is 4. The molecule has 7 heteroatoms. The zero-order chi connectivity index (χ0) is 17.8. The number of rotatable bonds is 5. The Morgan fingerprint density at radius 2 is 1.69 bits per heavy atom. The SMILES string of the molecule is Clc1ccccc1-c1noc(CSc2ccc(-c3ccccc3)nn2)n1. The minimum Gasteiger partial charge on any atom is -0.338 e. The van der Waals surface area contributed by atoms with Crippen LogP contribution in [0.25, 0.3) is 22.6 Å². The fourth-order valence-corrected chi connectivity index (χ4v) is 3.23. The van der Waals surface area contributed by atoms with Crippen LogP contribution in [0.2, 0.25) is 5.02 Å². The number of hydrogen-bond acceptors (Lipinski definition) is 6. The maximum atomic E-state index is 6.16. The van der Waals surface area contributed by atoms with Crippen molar-refractivity contribution in [3.63, 3.8) is 0 Å². The zero-order valence-corrected chi connectivity index (χ0v) is 15.1. The lowest BCUT2D eigenvalue weighted by atomic mass is 10.1. The molecule has 0 saturated heterocycles. The first-order valence-electron chi connectivity index (χ1n) is 7.89. The molecule has 0 aliphatic rings. The largest absolute Gasteiger partial charge is 0.338 e. The maximum absolute atomic E-state index is 6.16. The summed E-state index contributed by atoms with van der Waals surface area (Å²) in [7, 11) is 0. The quantitative estimate of drug-likeness (QED) is 0.447. The molecule has 0 atom stereocenters. The molecular formula is C19H13ClN4OS. The van der Waals surface area contributed by atoms with Crippen molar-refractivity contribution in [3.05, 3.63) is 77.6 Å². The summed E-state index contributed by atoms with van der Waals surface area (Å²) in [6.07, 6.45) is 0. The molecule has 0 N–H and O–H groups in total. The molecule has 0 unspecified atom stereocenters. The van der Waals surface area contributed by atoms with Crippen molar-refractivity contribution < 1.29 is 4.52 Å². The molecule has 0 aliphatic heterocycles. The summed E-state index contributed by atoms with van der Waals surface area (Å²) in [6.45, 7) is 0. The van der Waals surface area contributed by atoms with Crippen LogP contribution < -0.4 is 0 Å². The van der Waals surface area contributed by atoms with Crippen molar-refractivity contribution >= 4 is 23.4 Å². The highest BCUT2D eigenvalue weighted by Gasteiger charge is 2.12. The molecule has 5 nitrogen and oxygen atoms in total. The average molecular weight is 381 g/mol. The zero-order valence-electron chi connectivity index (χ0n) is 13.5. The Balaban J connectivity index is 1.43. The van der Waals surface area contributed by atoms with E-state index in [0.717, 1.165) is 21.8 Å². The Labute approximate surface area is 159 Å². The number of aromatic nitrogens is 4. The first kappa shape index (κ1) is 16.8. The first-order chi connectivity index (χ1) is 12.8. The van der Waals surface area contributed by atoms with Gasteiger partial charge in [0, 0.05) is 11.1 Å². The summed E-state index contributed by atoms with van der Waals surface area (Å²) < 4.78 is 5.30. The van der Waals surface area contributed by atoms with Crippen LogP contribution in [0.3, 0.4) is 0 Å². The van der Waals surface area contributed by atoms with E-state index in [-0.39, 0.29) is 0 Å². The van der Waals surface area contributed by atoms with Gasteiger partial charge in [0.05, 0.1) is 16.5 Å². The van der Waals surface area contributed by atoms with Crippen molar-refractivity contribution in [2.75, 3.05) is 0 Å². The topological polar surface area (TPSA) is 64.7 Å². The lowest BCUT2D eigenvalue weighted by Gasteiger charge is -2.01. The van der Waals surface area contributed by atoms with Crippen LogP contribution in [-0.4, -0.2) is 20.3 Å². The minimum absolute atomic E-state index is 0.483. The Kier molecular flexibility index (Phi) is 4.95. The molecule has 26 heavy (non-hydrogen) atoms. The van der Waals surface area contributed by atoms with Gasteiger partial charge in [-0.2, -0.15) is 4.98 Å². The van der Waals surface area contributed by atoms with Crippen LogP contribution in [0, 0.1) is 0 Å². The van der Waals surface area contributed by atoms with Crippen molar-refractivity contribution in [3.8, 4) is 22.6 Å². The van der Waals surface area contributed by atoms with E-state index in [1.807, 2.05) is 60.7 Å². The van der Waals surface area contributed by atoms with Crippen LogP contribution in [0.1, 0.15) is 5.89 Å². The second-order valence-corrected chi connectivity index (χ2v) is 6.81. The molecule has 2 aromatic carbocycles. The van der Waals surface area contributed by atoms with Crippen LogP contribution in [-0.2, 0) is 5.75 Å². The van der Waals surface area contributed by atoms with E-state index in [9.17, 15) is 0 Å². The van der Waals surface area contributed by atoms with E-state index in [1.165, 1.54) is 11.8 Å². The average Bonchev–Trinajstić information content (AvgIpc) is 3.17. The summed E-state index contributed by atoms with van der Waals surface area (Å²) in [5.41, 5.74) is 2.63.